The van der Waals surface area contributed by atoms with Gasteiger partial charge in [0.25, 0.3) is 0 Å². The molecule has 0 spiro atoms. The van der Waals surface area contributed by atoms with E-state index in [4.69, 9.17) is 16.7 Å². The number of halogens is 1. The Morgan fingerprint density at radius 2 is 2.00 bits per heavy atom. The van der Waals surface area contributed by atoms with Crippen LogP contribution >= 0.6 is 23.4 Å². The summed E-state index contributed by atoms with van der Waals surface area (Å²) in [6.07, 6.45) is 4.30. The largest absolute Gasteiger partial charge is 0.481 e. The van der Waals surface area contributed by atoms with E-state index in [1.807, 2.05) is 29.2 Å². The number of carbonyl (C=O) groups excluding carboxylic acids is 1. The van der Waals surface area contributed by atoms with Crippen LogP contribution in [0.4, 0.5) is 0 Å². The van der Waals surface area contributed by atoms with Crippen molar-refractivity contribution in [2.24, 2.45) is 5.92 Å². The minimum Gasteiger partial charge on any atom is -0.481 e. The highest BCUT2D eigenvalue weighted by molar-refractivity contribution is 7.99. The van der Waals surface area contributed by atoms with Gasteiger partial charge in [-0.05, 0) is 61.6 Å². The van der Waals surface area contributed by atoms with Crippen LogP contribution in [0.5, 0.6) is 0 Å². The van der Waals surface area contributed by atoms with E-state index in [2.05, 4.69) is 0 Å². The van der Waals surface area contributed by atoms with Crippen LogP contribution in [-0.2, 0) is 9.59 Å². The highest BCUT2D eigenvalue weighted by atomic mass is 35.5. The highest BCUT2D eigenvalue weighted by Gasteiger charge is 2.23. The number of carboxylic acid groups (broad SMARTS) is 1. The van der Waals surface area contributed by atoms with Gasteiger partial charge in [-0.25, -0.2) is 0 Å². The predicted molar refractivity (Wildman–Crippen MR) is 97.6 cm³/mol. The Bertz CT molecular complexity index is 550. The first-order valence-corrected chi connectivity index (χ1v) is 9.79. The molecule has 0 radical (unpaired) electrons. The lowest BCUT2D eigenvalue weighted by Crippen LogP contribution is -2.40. The molecule has 1 atom stereocenters. The Kier molecular flexibility index (Phi) is 7.92. The smallest absolute Gasteiger partial charge is 0.303 e. The number of piperidine rings is 1. The van der Waals surface area contributed by atoms with Gasteiger partial charge in [-0.15, -0.1) is 11.8 Å². The molecule has 24 heavy (non-hydrogen) atoms. The summed E-state index contributed by atoms with van der Waals surface area (Å²) in [5.41, 5.74) is 0. The van der Waals surface area contributed by atoms with Crippen molar-refractivity contribution in [1.29, 1.82) is 0 Å². The number of nitrogens with zero attached hydrogens (tertiary/aromatic N) is 1. The third kappa shape index (κ3) is 6.73. The van der Waals surface area contributed by atoms with Gasteiger partial charge in [0.2, 0.25) is 5.91 Å². The van der Waals surface area contributed by atoms with Gasteiger partial charge < -0.3 is 10.0 Å². The molecular formula is C18H24ClNO3S. The first kappa shape index (κ1) is 19.1. The molecule has 4 nitrogen and oxygen atoms in total. The van der Waals surface area contributed by atoms with Gasteiger partial charge in [-0.1, -0.05) is 11.6 Å². The number of likely N-dealkylation sites (tertiary alicyclic amines) is 1. The molecule has 1 aromatic carbocycles. The second-order valence-electron chi connectivity index (χ2n) is 6.19. The van der Waals surface area contributed by atoms with Crippen molar-refractivity contribution in [2.45, 2.75) is 43.4 Å². The third-order valence-corrected chi connectivity index (χ3v) is 5.61. The number of amides is 1. The number of aliphatic carboxylic acids is 1. The number of carbonyl (C=O) groups is 2. The van der Waals surface area contributed by atoms with Crippen molar-refractivity contribution in [2.75, 3.05) is 18.8 Å². The van der Waals surface area contributed by atoms with Crippen LogP contribution < -0.4 is 0 Å². The van der Waals surface area contributed by atoms with Crippen molar-refractivity contribution in [1.82, 2.24) is 4.90 Å². The summed E-state index contributed by atoms with van der Waals surface area (Å²) in [5.74, 6) is 0.690. The van der Waals surface area contributed by atoms with Gasteiger partial charge >= 0.3 is 5.97 Å². The van der Waals surface area contributed by atoms with E-state index < -0.39 is 5.97 Å². The van der Waals surface area contributed by atoms with Crippen LogP contribution in [0.1, 0.15) is 38.5 Å². The molecule has 1 aliphatic heterocycles. The fraction of sp³-hybridized carbons (Fsp3) is 0.556. The maximum atomic E-state index is 12.3. The monoisotopic (exact) mass is 369 g/mol. The molecule has 1 N–H and O–H groups in total. The normalized spacial score (nSPS) is 17.7. The van der Waals surface area contributed by atoms with E-state index in [9.17, 15) is 9.59 Å². The zero-order chi connectivity index (χ0) is 17.4. The van der Waals surface area contributed by atoms with Crippen LogP contribution in [0.25, 0.3) is 0 Å². The molecule has 6 heteroatoms. The van der Waals surface area contributed by atoms with E-state index in [1.165, 1.54) is 4.90 Å². The molecule has 1 amide bonds. The lowest BCUT2D eigenvalue weighted by atomic mass is 9.93. The first-order chi connectivity index (χ1) is 11.5. The fourth-order valence-electron chi connectivity index (χ4n) is 2.96. The van der Waals surface area contributed by atoms with Crippen molar-refractivity contribution in [3.05, 3.63) is 29.3 Å². The summed E-state index contributed by atoms with van der Waals surface area (Å²) >= 11 is 7.60. The summed E-state index contributed by atoms with van der Waals surface area (Å²) in [4.78, 5) is 26.1. The standard InChI is InChI=1S/C18H24ClNO3S/c19-15-6-8-16(9-7-15)24-12-2-4-17(21)20-11-1-3-14(13-20)5-10-18(22)23/h6-9,14H,1-5,10-13H2,(H,22,23). The molecule has 1 saturated heterocycles. The number of hydrogen-bond donors (Lipinski definition) is 1. The molecule has 1 aliphatic rings. The zero-order valence-electron chi connectivity index (χ0n) is 13.7. The van der Waals surface area contributed by atoms with Gasteiger partial charge in [0.1, 0.15) is 0 Å². The Morgan fingerprint density at radius 3 is 2.71 bits per heavy atom. The summed E-state index contributed by atoms with van der Waals surface area (Å²) in [7, 11) is 0. The van der Waals surface area contributed by atoms with Gasteiger partial charge in [0.05, 0.1) is 0 Å². The van der Waals surface area contributed by atoms with Crippen molar-refractivity contribution >= 4 is 35.2 Å². The minimum absolute atomic E-state index is 0.199. The maximum Gasteiger partial charge on any atom is 0.303 e. The summed E-state index contributed by atoms with van der Waals surface area (Å²) in [5, 5.41) is 9.51. The van der Waals surface area contributed by atoms with Crippen LogP contribution in [-0.4, -0.2) is 40.7 Å². The molecular weight excluding hydrogens is 346 g/mol. The summed E-state index contributed by atoms with van der Waals surface area (Å²) in [6, 6.07) is 7.74. The van der Waals surface area contributed by atoms with Crippen LogP contribution in [0.3, 0.4) is 0 Å². The van der Waals surface area contributed by atoms with Crippen molar-refractivity contribution < 1.29 is 14.7 Å². The van der Waals surface area contributed by atoms with Crippen LogP contribution in [0, 0.1) is 5.92 Å². The molecule has 2 rings (SSSR count). The van der Waals surface area contributed by atoms with E-state index in [0.29, 0.717) is 18.8 Å². The Hall–Kier alpha value is -1.20. The molecule has 0 bridgehead atoms. The summed E-state index contributed by atoms with van der Waals surface area (Å²) in [6.45, 7) is 1.53. The second-order valence-corrected chi connectivity index (χ2v) is 7.79. The highest BCUT2D eigenvalue weighted by Crippen LogP contribution is 2.23. The number of hydrogen-bond acceptors (Lipinski definition) is 3. The number of thioether (sulfide) groups is 1. The molecule has 1 aromatic rings. The van der Waals surface area contributed by atoms with Crippen LogP contribution in [0.15, 0.2) is 29.2 Å². The van der Waals surface area contributed by atoms with Gasteiger partial charge in [0.15, 0.2) is 0 Å². The minimum atomic E-state index is -0.752. The second kappa shape index (κ2) is 9.94. The van der Waals surface area contributed by atoms with Crippen molar-refractivity contribution in [3.63, 3.8) is 0 Å². The number of carboxylic acids is 1. The lowest BCUT2D eigenvalue weighted by Gasteiger charge is -2.32. The maximum absolute atomic E-state index is 12.3. The van der Waals surface area contributed by atoms with Crippen molar-refractivity contribution in [3.8, 4) is 0 Å². The summed E-state index contributed by atoms with van der Waals surface area (Å²) < 4.78 is 0. The fourth-order valence-corrected chi connectivity index (χ4v) is 3.94. The molecule has 0 aromatic heterocycles. The Labute approximate surface area is 152 Å². The SMILES string of the molecule is O=C(O)CCC1CCCN(C(=O)CCCSc2ccc(Cl)cc2)C1. The zero-order valence-corrected chi connectivity index (χ0v) is 15.3. The average Bonchev–Trinajstić information content (AvgIpc) is 2.58. The van der Waals surface area contributed by atoms with Gasteiger partial charge in [-0.2, -0.15) is 0 Å². The predicted octanol–water partition coefficient (Wildman–Crippen LogP) is 4.32. The molecule has 132 valence electrons. The Morgan fingerprint density at radius 1 is 1.25 bits per heavy atom. The average molecular weight is 370 g/mol. The van der Waals surface area contributed by atoms with E-state index in [-0.39, 0.29) is 12.3 Å². The van der Waals surface area contributed by atoms with E-state index in [1.54, 1.807) is 11.8 Å². The lowest BCUT2D eigenvalue weighted by molar-refractivity contribution is -0.137. The topological polar surface area (TPSA) is 57.6 Å². The molecule has 1 heterocycles. The van der Waals surface area contributed by atoms with Crippen LogP contribution in [0.2, 0.25) is 5.02 Å². The molecule has 1 unspecified atom stereocenters. The van der Waals surface area contributed by atoms with E-state index in [0.717, 1.165) is 43.1 Å². The van der Waals surface area contributed by atoms with Gasteiger partial charge in [0, 0.05) is 35.8 Å². The van der Waals surface area contributed by atoms with E-state index >= 15 is 0 Å². The third-order valence-electron chi connectivity index (χ3n) is 4.26. The number of rotatable bonds is 8. The molecule has 1 fully saturated rings. The van der Waals surface area contributed by atoms with Gasteiger partial charge in [-0.3, -0.25) is 9.59 Å². The Balaban J connectivity index is 1.66. The quantitative estimate of drug-likeness (QED) is 0.547. The molecule has 0 aliphatic carbocycles. The number of benzene rings is 1. The first-order valence-electron chi connectivity index (χ1n) is 8.42. The molecule has 0 saturated carbocycles.